The third-order valence-electron chi connectivity index (χ3n) is 3.22. The number of hydrogen-bond acceptors (Lipinski definition) is 3. The highest BCUT2D eigenvalue weighted by Crippen LogP contribution is 2.23. The molecule has 2 unspecified atom stereocenters. The van der Waals surface area contributed by atoms with Gasteiger partial charge in [-0.1, -0.05) is 0 Å². The van der Waals surface area contributed by atoms with Gasteiger partial charge in [0.25, 0.3) is 0 Å². The minimum Gasteiger partial charge on any atom is -0.378 e. The fraction of sp³-hybridized carbons (Fsp3) is 1.00. The summed E-state index contributed by atoms with van der Waals surface area (Å²) in [5.74, 6) is 3.55. The Morgan fingerprint density at radius 2 is 2.29 bits per heavy atom. The van der Waals surface area contributed by atoms with Gasteiger partial charge in [0.15, 0.2) is 0 Å². The molecule has 14 heavy (non-hydrogen) atoms. The van der Waals surface area contributed by atoms with Crippen LogP contribution in [0.4, 0.5) is 0 Å². The summed E-state index contributed by atoms with van der Waals surface area (Å²) in [6, 6.07) is 0.817. The number of nitrogens with one attached hydrogen (secondary N) is 1. The molecule has 82 valence electrons. The van der Waals surface area contributed by atoms with E-state index in [-0.39, 0.29) is 0 Å². The Morgan fingerprint density at radius 3 is 2.93 bits per heavy atom. The molecule has 3 heteroatoms. The zero-order valence-electron chi connectivity index (χ0n) is 9.00. The molecule has 2 aliphatic heterocycles. The molecule has 0 radical (unpaired) electrons. The molecule has 1 N–H and O–H groups in total. The van der Waals surface area contributed by atoms with Crippen molar-refractivity contribution in [3.63, 3.8) is 0 Å². The van der Waals surface area contributed by atoms with Gasteiger partial charge in [-0.2, -0.15) is 11.8 Å². The standard InChI is InChI=1S/C11H21NOS/c1-9-6-10(3-5-13-9)2-4-12-11-7-14-8-11/h9-12H,2-8H2,1H3. The van der Waals surface area contributed by atoms with Crippen LogP contribution in [0, 0.1) is 5.92 Å². The van der Waals surface area contributed by atoms with E-state index in [4.69, 9.17) is 4.74 Å². The van der Waals surface area contributed by atoms with E-state index in [0.717, 1.165) is 18.6 Å². The van der Waals surface area contributed by atoms with Crippen LogP contribution in [0.3, 0.4) is 0 Å². The van der Waals surface area contributed by atoms with E-state index in [1.165, 1.54) is 37.3 Å². The molecule has 0 aliphatic carbocycles. The van der Waals surface area contributed by atoms with E-state index < -0.39 is 0 Å². The predicted octanol–water partition coefficient (Wildman–Crippen LogP) is 1.90. The second kappa shape index (κ2) is 5.38. The molecule has 0 aromatic rings. The molecule has 0 aromatic heterocycles. The maximum absolute atomic E-state index is 5.54. The summed E-state index contributed by atoms with van der Waals surface area (Å²) in [7, 11) is 0. The highest BCUT2D eigenvalue weighted by atomic mass is 32.2. The van der Waals surface area contributed by atoms with E-state index in [0.29, 0.717) is 6.10 Å². The van der Waals surface area contributed by atoms with Crippen LogP contribution in [-0.2, 0) is 4.74 Å². The number of hydrogen-bond donors (Lipinski definition) is 1. The van der Waals surface area contributed by atoms with Gasteiger partial charge >= 0.3 is 0 Å². The van der Waals surface area contributed by atoms with Crippen molar-refractivity contribution < 1.29 is 4.74 Å². The molecule has 2 rings (SSSR count). The van der Waals surface area contributed by atoms with Crippen LogP contribution in [0.1, 0.15) is 26.2 Å². The Kier molecular flexibility index (Phi) is 4.14. The molecule has 2 atom stereocenters. The summed E-state index contributed by atoms with van der Waals surface area (Å²) in [6.45, 7) is 4.38. The zero-order chi connectivity index (χ0) is 9.80. The molecule has 0 bridgehead atoms. The second-order valence-electron chi connectivity index (χ2n) is 4.55. The van der Waals surface area contributed by atoms with Crippen molar-refractivity contribution in [2.24, 2.45) is 5.92 Å². The molecular weight excluding hydrogens is 194 g/mol. The van der Waals surface area contributed by atoms with Crippen LogP contribution < -0.4 is 5.32 Å². The zero-order valence-corrected chi connectivity index (χ0v) is 9.81. The highest BCUT2D eigenvalue weighted by molar-refractivity contribution is 8.00. The quantitative estimate of drug-likeness (QED) is 0.774. The van der Waals surface area contributed by atoms with Crippen molar-refractivity contribution in [3.8, 4) is 0 Å². The molecule has 0 aromatic carbocycles. The molecule has 2 nitrogen and oxygen atoms in total. The first kappa shape index (κ1) is 10.8. The molecular formula is C11H21NOS. The van der Waals surface area contributed by atoms with Crippen molar-refractivity contribution in [2.75, 3.05) is 24.7 Å². The fourth-order valence-electron chi connectivity index (χ4n) is 2.20. The molecule has 0 saturated carbocycles. The van der Waals surface area contributed by atoms with E-state index in [2.05, 4.69) is 12.2 Å². The van der Waals surface area contributed by atoms with Crippen molar-refractivity contribution in [1.82, 2.24) is 5.32 Å². The van der Waals surface area contributed by atoms with Gasteiger partial charge in [0.05, 0.1) is 6.10 Å². The highest BCUT2D eigenvalue weighted by Gasteiger charge is 2.20. The van der Waals surface area contributed by atoms with Crippen LogP contribution in [0.15, 0.2) is 0 Å². The number of rotatable bonds is 4. The minimum absolute atomic E-state index is 0.494. The van der Waals surface area contributed by atoms with Crippen LogP contribution in [0.25, 0.3) is 0 Å². The van der Waals surface area contributed by atoms with E-state index in [1.807, 2.05) is 11.8 Å². The average molecular weight is 215 g/mol. The van der Waals surface area contributed by atoms with Crippen molar-refractivity contribution in [1.29, 1.82) is 0 Å². The average Bonchev–Trinajstić information content (AvgIpc) is 2.09. The van der Waals surface area contributed by atoms with E-state index >= 15 is 0 Å². The van der Waals surface area contributed by atoms with Gasteiger partial charge in [-0.3, -0.25) is 0 Å². The van der Waals surface area contributed by atoms with Gasteiger partial charge in [0.1, 0.15) is 0 Å². The van der Waals surface area contributed by atoms with Gasteiger partial charge in [-0.25, -0.2) is 0 Å². The van der Waals surface area contributed by atoms with Gasteiger partial charge < -0.3 is 10.1 Å². The smallest absolute Gasteiger partial charge is 0.0549 e. The Morgan fingerprint density at radius 1 is 1.43 bits per heavy atom. The van der Waals surface area contributed by atoms with Gasteiger partial charge in [-0.05, 0) is 38.6 Å². The molecule has 0 spiro atoms. The SMILES string of the molecule is CC1CC(CCNC2CSC2)CCO1. The van der Waals surface area contributed by atoms with Crippen LogP contribution in [-0.4, -0.2) is 36.8 Å². The number of ether oxygens (including phenoxy) is 1. The lowest BCUT2D eigenvalue weighted by atomic mass is 9.93. The van der Waals surface area contributed by atoms with Gasteiger partial charge in [0.2, 0.25) is 0 Å². The van der Waals surface area contributed by atoms with Crippen molar-refractivity contribution >= 4 is 11.8 Å². The predicted molar refractivity (Wildman–Crippen MR) is 61.9 cm³/mol. The molecule has 2 heterocycles. The van der Waals surface area contributed by atoms with Crippen molar-refractivity contribution in [2.45, 2.75) is 38.3 Å². The summed E-state index contributed by atoms with van der Waals surface area (Å²) in [5, 5.41) is 3.62. The Balaban J connectivity index is 1.55. The monoisotopic (exact) mass is 215 g/mol. The molecule has 2 fully saturated rings. The van der Waals surface area contributed by atoms with Crippen molar-refractivity contribution in [3.05, 3.63) is 0 Å². The maximum Gasteiger partial charge on any atom is 0.0549 e. The van der Waals surface area contributed by atoms with Gasteiger partial charge in [0, 0.05) is 24.2 Å². The Hall–Kier alpha value is 0.270. The minimum atomic E-state index is 0.494. The second-order valence-corrected chi connectivity index (χ2v) is 5.62. The topological polar surface area (TPSA) is 21.3 Å². The van der Waals surface area contributed by atoms with E-state index in [9.17, 15) is 0 Å². The first-order chi connectivity index (χ1) is 6.84. The normalized spacial score (nSPS) is 34.1. The number of thioether (sulfide) groups is 1. The third kappa shape index (κ3) is 3.14. The maximum atomic E-state index is 5.54. The lowest BCUT2D eigenvalue weighted by molar-refractivity contribution is 0.000934. The van der Waals surface area contributed by atoms with Crippen LogP contribution in [0.5, 0.6) is 0 Å². The Bertz CT molecular complexity index is 173. The van der Waals surface area contributed by atoms with E-state index in [1.54, 1.807) is 0 Å². The summed E-state index contributed by atoms with van der Waals surface area (Å²) in [6.07, 6.45) is 4.37. The lowest BCUT2D eigenvalue weighted by Crippen LogP contribution is -2.41. The lowest BCUT2D eigenvalue weighted by Gasteiger charge is -2.30. The summed E-state index contributed by atoms with van der Waals surface area (Å²) in [5.41, 5.74) is 0. The fourth-order valence-corrected chi connectivity index (χ4v) is 2.91. The largest absolute Gasteiger partial charge is 0.378 e. The summed E-state index contributed by atoms with van der Waals surface area (Å²) in [4.78, 5) is 0. The third-order valence-corrected chi connectivity index (χ3v) is 4.49. The summed E-state index contributed by atoms with van der Waals surface area (Å²) < 4.78 is 5.54. The summed E-state index contributed by atoms with van der Waals surface area (Å²) >= 11 is 2.05. The van der Waals surface area contributed by atoms with Crippen LogP contribution in [0.2, 0.25) is 0 Å². The first-order valence-corrected chi connectivity index (χ1v) is 6.93. The Labute approximate surface area is 91.2 Å². The van der Waals surface area contributed by atoms with Gasteiger partial charge in [-0.15, -0.1) is 0 Å². The molecule has 2 aliphatic rings. The molecule has 2 saturated heterocycles. The first-order valence-electron chi connectivity index (χ1n) is 5.77. The van der Waals surface area contributed by atoms with Crippen LogP contribution >= 0.6 is 11.8 Å². The molecule has 0 amide bonds.